The number of carbonyl (C=O) groups excluding carboxylic acids is 1. The Labute approximate surface area is 54.4 Å². The summed E-state index contributed by atoms with van der Waals surface area (Å²) in [7, 11) is 0. The molecule has 0 radical (unpaired) electrons. The number of quaternary nitrogens is 1. The van der Waals surface area contributed by atoms with E-state index in [-0.39, 0.29) is 11.2 Å². The fraction of sp³-hybridized carbons (Fsp3) is 0.833. The summed E-state index contributed by atoms with van der Waals surface area (Å²) in [6, 6.07) is 0. The van der Waals surface area contributed by atoms with Crippen molar-refractivity contribution in [1.82, 2.24) is 0 Å². The maximum absolute atomic E-state index is 11.2. The first-order valence-corrected chi connectivity index (χ1v) is 3.28. The molecule has 9 heavy (non-hydrogen) atoms. The minimum atomic E-state index is -0.274. The lowest BCUT2D eigenvalue weighted by Gasteiger charge is -2.36. The number of nitrogens with zero attached hydrogens (tertiary/aromatic N) is 1. The van der Waals surface area contributed by atoms with E-state index in [1.807, 2.05) is 0 Å². The van der Waals surface area contributed by atoms with Crippen LogP contribution in [0.4, 0.5) is 0 Å². The number of rotatable bonds is 2. The SMILES string of the molecule is O=CC[N+]1([O-])CCCC1. The van der Waals surface area contributed by atoms with E-state index in [4.69, 9.17) is 0 Å². The summed E-state index contributed by atoms with van der Waals surface area (Å²) in [6.07, 6.45) is 2.69. The molecule has 0 saturated carbocycles. The summed E-state index contributed by atoms with van der Waals surface area (Å²) >= 11 is 0. The van der Waals surface area contributed by atoms with Gasteiger partial charge in [-0.05, 0) is 0 Å². The lowest BCUT2D eigenvalue weighted by Crippen LogP contribution is -2.40. The van der Waals surface area contributed by atoms with E-state index in [0.29, 0.717) is 13.1 Å². The molecule has 1 heterocycles. The van der Waals surface area contributed by atoms with Gasteiger partial charge in [-0.2, -0.15) is 0 Å². The number of aldehydes is 1. The summed E-state index contributed by atoms with van der Waals surface area (Å²) in [6.45, 7) is 1.43. The lowest BCUT2D eigenvalue weighted by atomic mass is 10.4. The highest BCUT2D eigenvalue weighted by Crippen LogP contribution is 2.15. The Morgan fingerprint density at radius 2 is 2.00 bits per heavy atom. The third-order valence-corrected chi connectivity index (χ3v) is 1.79. The van der Waals surface area contributed by atoms with Gasteiger partial charge in [-0.3, -0.25) is 4.79 Å². The van der Waals surface area contributed by atoms with Crippen LogP contribution in [-0.4, -0.2) is 30.6 Å². The highest BCUT2D eigenvalue weighted by atomic mass is 16.5. The molecule has 0 bridgehead atoms. The van der Waals surface area contributed by atoms with E-state index in [1.165, 1.54) is 0 Å². The molecule has 1 fully saturated rings. The van der Waals surface area contributed by atoms with Crippen LogP contribution in [0.5, 0.6) is 0 Å². The van der Waals surface area contributed by atoms with E-state index in [9.17, 15) is 10.0 Å². The number of likely N-dealkylation sites (tertiary alicyclic amines) is 1. The van der Waals surface area contributed by atoms with Crippen molar-refractivity contribution in [2.24, 2.45) is 0 Å². The molecule has 0 aliphatic carbocycles. The van der Waals surface area contributed by atoms with Gasteiger partial charge in [0.25, 0.3) is 0 Å². The van der Waals surface area contributed by atoms with Gasteiger partial charge in [0, 0.05) is 12.8 Å². The fourth-order valence-electron chi connectivity index (χ4n) is 1.23. The second-order valence-corrected chi connectivity index (χ2v) is 2.56. The van der Waals surface area contributed by atoms with Crippen molar-refractivity contribution in [3.63, 3.8) is 0 Å². The fourth-order valence-corrected chi connectivity index (χ4v) is 1.23. The predicted molar refractivity (Wildman–Crippen MR) is 33.5 cm³/mol. The van der Waals surface area contributed by atoms with Crippen LogP contribution in [0.3, 0.4) is 0 Å². The molecular weight excluding hydrogens is 118 g/mol. The minimum absolute atomic E-state index is 0.153. The summed E-state index contributed by atoms with van der Waals surface area (Å²) < 4.78 is -0.274. The topological polar surface area (TPSA) is 40.1 Å². The van der Waals surface area contributed by atoms with Gasteiger partial charge in [0.05, 0.1) is 13.1 Å². The van der Waals surface area contributed by atoms with E-state index < -0.39 is 0 Å². The lowest BCUT2D eigenvalue weighted by molar-refractivity contribution is -0.859. The molecule has 0 unspecified atom stereocenters. The van der Waals surface area contributed by atoms with Crippen molar-refractivity contribution in [3.8, 4) is 0 Å². The van der Waals surface area contributed by atoms with Crippen LogP contribution < -0.4 is 0 Å². The average molecular weight is 129 g/mol. The van der Waals surface area contributed by atoms with Crippen LogP contribution in [0.2, 0.25) is 0 Å². The zero-order chi connectivity index (χ0) is 6.74. The molecule has 52 valence electrons. The summed E-state index contributed by atoms with van der Waals surface area (Å²) in [5.41, 5.74) is 0. The Balaban J connectivity index is 2.40. The van der Waals surface area contributed by atoms with E-state index in [1.54, 1.807) is 0 Å². The number of hydrogen-bond acceptors (Lipinski definition) is 2. The first-order chi connectivity index (χ1) is 4.27. The zero-order valence-electron chi connectivity index (χ0n) is 5.38. The van der Waals surface area contributed by atoms with Gasteiger partial charge in [-0.1, -0.05) is 0 Å². The van der Waals surface area contributed by atoms with Crippen LogP contribution in [0, 0.1) is 5.21 Å². The highest BCUT2D eigenvalue weighted by Gasteiger charge is 2.21. The molecule has 0 atom stereocenters. The molecule has 1 rings (SSSR count). The zero-order valence-corrected chi connectivity index (χ0v) is 5.38. The molecule has 0 amide bonds. The van der Waals surface area contributed by atoms with Crippen molar-refractivity contribution in [3.05, 3.63) is 5.21 Å². The highest BCUT2D eigenvalue weighted by molar-refractivity contribution is 5.50. The third-order valence-electron chi connectivity index (χ3n) is 1.79. The van der Waals surface area contributed by atoms with E-state index >= 15 is 0 Å². The van der Waals surface area contributed by atoms with Gasteiger partial charge in [-0.25, -0.2) is 0 Å². The van der Waals surface area contributed by atoms with E-state index in [0.717, 1.165) is 19.1 Å². The molecule has 1 saturated heterocycles. The van der Waals surface area contributed by atoms with Gasteiger partial charge in [0.1, 0.15) is 6.54 Å². The normalized spacial score (nSPS) is 24.1. The van der Waals surface area contributed by atoms with Crippen molar-refractivity contribution in [2.75, 3.05) is 19.6 Å². The van der Waals surface area contributed by atoms with Crippen molar-refractivity contribution in [1.29, 1.82) is 0 Å². The van der Waals surface area contributed by atoms with Crippen LogP contribution >= 0.6 is 0 Å². The largest absolute Gasteiger partial charge is 0.632 e. The van der Waals surface area contributed by atoms with Crippen molar-refractivity contribution >= 4 is 6.29 Å². The van der Waals surface area contributed by atoms with Gasteiger partial charge >= 0.3 is 0 Å². The summed E-state index contributed by atoms with van der Waals surface area (Å²) in [4.78, 5) is 9.95. The number of hydrogen-bond donors (Lipinski definition) is 0. The van der Waals surface area contributed by atoms with E-state index in [2.05, 4.69) is 0 Å². The van der Waals surface area contributed by atoms with Crippen molar-refractivity contribution < 1.29 is 9.44 Å². The number of hydroxylamine groups is 3. The Morgan fingerprint density at radius 1 is 1.44 bits per heavy atom. The second-order valence-electron chi connectivity index (χ2n) is 2.56. The summed E-state index contributed by atoms with van der Waals surface area (Å²) in [5.74, 6) is 0. The average Bonchev–Trinajstić information content (AvgIpc) is 2.16. The molecule has 3 nitrogen and oxygen atoms in total. The Hall–Kier alpha value is -0.410. The molecule has 3 heteroatoms. The minimum Gasteiger partial charge on any atom is -0.632 e. The first-order valence-electron chi connectivity index (χ1n) is 3.28. The standard InChI is InChI=1S/C6H11NO2/c8-6-5-7(9)3-1-2-4-7/h6H,1-5H2. The molecule has 0 aromatic rings. The third kappa shape index (κ3) is 1.50. The smallest absolute Gasteiger partial charge is 0.174 e. The van der Waals surface area contributed by atoms with Gasteiger partial charge in [0.2, 0.25) is 0 Å². The van der Waals surface area contributed by atoms with Crippen LogP contribution in [0.15, 0.2) is 0 Å². The Morgan fingerprint density at radius 3 is 2.44 bits per heavy atom. The maximum atomic E-state index is 11.2. The monoisotopic (exact) mass is 129 g/mol. The Kier molecular flexibility index (Phi) is 1.83. The molecule has 1 aliphatic rings. The van der Waals surface area contributed by atoms with Gasteiger partial charge < -0.3 is 9.85 Å². The Bertz CT molecular complexity index is 108. The van der Waals surface area contributed by atoms with Crippen molar-refractivity contribution in [2.45, 2.75) is 12.8 Å². The maximum Gasteiger partial charge on any atom is 0.174 e. The molecule has 1 aliphatic heterocycles. The molecule has 0 aromatic carbocycles. The van der Waals surface area contributed by atoms with Crippen LogP contribution in [0.25, 0.3) is 0 Å². The number of carbonyl (C=O) groups is 1. The second kappa shape index (κ2) is 2.45. The summed E-state index contributed by atoms with van der Waals surface area (Å²) in [5, 5.41) is 11.2. The van der Waals surface area contributed by atoms with Gasteiger partial charge in [-0.15, -0.1) is 0 Å². The van der Waals surface area contributed by atoms with Crippen LogP contribution in [-0.2, 0) is 4.79 Å². The first kappa shape index (κ1) is 6.71. The predicted octanol–water partition coefficient (Wildman–Crippen LogP) is 0.294. The quantitative estimate of drug-likeness (QED) is 0.305. The van der Waals surface area contributed by atoms with Crippen LogP contribution in [0.1, 0.15) is 12.8 Å². The van der Waals surface area contributed by atoms with Gasteiger partial charge in [0.15, 0.2) is 6.29 Å². The molecular formula is C6H11NO2. The molecule has 0 aromatic heterocycles. The molecule has 0 N–H and O–H groups in total. The molecule has 0 spiro atoms.